The van der Waals surface area contributed by atoms with Crippen LogP contribution in [0.25, 0.3) is 0 Å². The van der Waals surface area contributed by atoms with Crippen LogP contribution in [0.4, 0.5) is 5.69 Å². The lowest BCUT2D eigenvalue weighted by Crippen LogP contribution is -2.53. The molecule has 0 bridgehead atoms. The molecule has 0 fully saturated rings. The van der Waals surface area contributed by atoms with Crippen LogP contribution in [-0.4, -0.2) is 16.6 Å². The number of anilines is 1. The van der Waals surface area contributed by atoms with E-state index in [9.17, 15) is 9.90 Å². The van der Waals surface area contributed by atoms with Crippen molar-refractivity contribution in [3.05, 3.63) is 23.8 Å². The summed E-state index contributed by atoms with van der Waals surface area (Å²) in [6, 6.07) is 5.23. The summed E-state index contributed by atoms with van der Waals surface area (Å²) in [6.07, 6.45) is 0. The first-order valence-electron chi connectivity index (χ1n) is 5.96. The number of carbonyl (C=O) groups is 1. The monoisotopic (exact) mass is 250 g/mol. The Balaban J connectivity index is 2.99. The lowest BCUT2D eigenvalue weighted by atomic mass is 9.74. The number of hydrogen-bond acceptors (Lipinski definition) is 3. The molecule has 4 N–H and O–H groups in total. The van der Waals surface area contributed by atoms with Gasteiger partial charge in [-0.2, -0.15) is 0 Å². The van der Waals surface area contributed by atoms with Crippen molar-refractivity contribution in [2.24, 2.45) is 11.1 Å². The van der Waals surface area contributed by atoms with Crippen molar-refractivity contribution in [3.63, 3.8) is 0 Å². The summed E-state index contributed by atoms with van der Waals surface area (Å²) in [5.74, 6) is -0.118. The first kappa shape index (κ1) is 14.5. The van der Waals surface area contributed by atoms with Crippen LogP contribution in [0.1, 0.15) is 33.3 Å². The molecule has 4 heteroatoms. The normalized spacial score (nSPS) is 12.3. The van der Waals surface area contributed by atoms with E-state index in [1.165, 1.54) is 0 Å². The molecule has 1 rings (SSSR count). The molecule has 0 atom stereocenters. The van der Waals surface area contributed by atoms with Crippen molar-refractivity contribution in [1.82, 2.24) is 0 Å². The second-order valence-corrected chi connectivity index (χ2v) is 5.77. The van der Waals surface area contributed by atoms with Crippen molar-refractivity contribution in [2.45, 2.75) is 40.2 Å². The first-order chi connectivity index (χ1) is 8.07. The van der Waals surface area contributed by atoms with Gasteiger partial charge in [0.15, 0.2) is 0 Å². The molecule has 1 aromatic carbocycles. The number of nitrogens with two attached hydrogens (primary N) is 1. The van der Waals surface area contributed by atoms with E-state index in [1.54, 1.807) is 39.0 Å². The maximum Gasteiger partial charge on any atom is 0.231 e. The van der Waals surface area contributed by atoms with Gasteiger partial charge in [0.2, 0.25) is 5.91 Å². The second kappa shape index (κ2) is 4.61. The Hall–Kier alpha value is -1.55. The average molecular weight is 250 g/mol. The molecule has 0 radical (unpaired) electrons. The number of amides is 1. The topological polar surface area (TPSA) is 75.4 Å². The second-order valence-electron chi connectivity index (χ2n) is 5.77. The third kappa shape index (κ3) is 2.64. The van der Waals surface area contributed by atoms with Gasteiger partial charge in [-0.05, 0) is 46.2 Å². The minimum atomic E-state index is -0.747. The zero-order valence-electron chi connectivity index (χ0n) is 11.7. The molecule has 0 saturated carbocycles. The Morgan fingerprint density at radius 2 is 1.83 bits per heavy atom. The van der Waals surface area contributed by atoms with Crippen molar-refractivity contribution in [3.8, 4) is 5.75 Å². The van der Waals surface area contributed by atoms with Crippen LogP contribution in [0.3, 0.4) is 0 Å². The van der Waals surface area contributed by atoms with E-state index in [0.717, 1.165) is 5.56 Å². The predicted molar refractivity (Wildman–Crippen MR) is 73.5 cm³/mol. The molecule has 18 heavy (non-hydrogen) atoms. The van der Waals surface area contributed by atoms with Crippen LogP contribution in [0, 0.1) is 12.3 Å². The number of benzene rings is 1. The molecule has 0 aliphatic rings. The van der Waals surface area contributed by atoms with Crippen molar-refractivity contribution in [2.75, 3.05) is 5.32 Å². The van der Waals surface area contributed by atoms with Gasteiger partial charge in [-0.15, -0.1) is 0 Å². The predicted octanol–water partition coefficient (Wildman–Crippen LogP) is 2.40. The van der Waals surface area contributed by atoms with E-state index in [2.05, 4.69) is 5.32 Å². The van der Waals surface area contributed by atoms with E-state index in [-0.39, 0.29) is 11.7 Å². The summed E-state index contributed by atoms with van der Waals surface area (Å²) in [5.41, 5.74) is 5.74. The SMILES string of the molecule is Cc1cccc(NC(=O)C(C)(C)C(C)(C)N)c1O. The highest BCUT2D eigenvalue weighted by Crippen LogP contribution is 2.32. The van der Waals surface area contributed by atoms with Crippen LogP contribution in [0.5, 0.6) is 5.75 Å². The summed E-state index contributed by atoms with van der Waals surface area (Å²) in [5, 5.41) is 12.6. The van der Waals surface area contributed by atoms with Gasteiger partial charge >= 0.3 is 0 Å². The van der Waals surface area contributed by atoms with E-state index in [1.807, 2.05) is 13.8 Å². The summed E-state index contributed by atoms with van der Waals surface area (Å²) in [6.45, 7) is 8.97. The molecule has 100 valence electrons. The average Bonchev–Trinajstić information content (AvgIpc) is 2.23. The van der Waals surface area contributed by atoms with Crippen LogP contribution in [-0.2, 0) is 4.79 Å². The Kier molecular flexibility index (Phi) is 3.72. The van der Waals surface area contributed by atoms with Gasteiger partial charge < -0.3 is 16.2 Å². The van der Waals surface area contributed by atoms with E-state index in [4.69, 9.17) is 5.73 Å². The number of nitrogens with one attached hydrogen (secondary N) is 1. The Morgan fingerprint density at radius 3 is 2.33 bits per heavy atom. The minimum Gasteiger partial charge on any atom is -0.505 e. The summed E-state index contributed by atoms with van der Waals surface area (Å²) < 4.78 is 0. The van der Waals surface area contributed by atoms with E-state index < -0.39 is 11.0 Å². The van der Waals surface area contributed by atoms with E-state index >= 15 is 0 Å². The Labute approximate surface area is 108 Å². The van der Waals surface area contributed by atoms with Gasteiger partial charge in [0, 0.05) is 5.54 Å². The number of phenolic OH excluding ortho intramolecular Hbond substituents is 1. The highest BCUT2D eigenvalue weighted by Gasteiger charge is 2.40. The smallest absolute Gasteiger partial charge is 0.231 e. The molecule has 0 saturated heterocycles. The fraction of sp³-hybridized carbons (Fsp3) is 0.500. The number of para-hydroxylation sites is 1. The fourth-order valence-corrected chi connectivity index (χ4v) is 1.33. The van der Waals surface area contributed by atoms with E-state index in [0.29, 0.717) is 5.69 Å². The van der Waals surface area contributed by atoms with Gasteiger partial charge in [-0.3, -0.25) is 4.79 Å². The highest BCUT2D eigenvalue weighted by atomic mass is 16.3. The molecule has 0 aliphatic carbocycles. The fourth-order valence-electron chi connectivity index (χ4n) is 1.33. The van der Waals surface area contributed by atoms with Gasteiger partial charge in [-0.25, -0.2) is 0 Å². The largest absolute Gasteiger partial charge is 0.505 e. The van der Waals surface area contributed by atoms with Crippen LogP contribution >= 0.6 is 0 Å². The lowest BCUT2D eigenvalue weighted by Gasteiger charge is -2.36. The third-order valence-electron chi connectivity index (χ3n) is 3.66. The number of rotatable bonds is 3. The highest BCUT2D eigenvalue weighted by molar-refractivity contribution is 5.97. The summed E-state index contributed by atoms with van der Waals surface area (Å²) in [4.78, 5) is 12.2. The molecule has 0 heterocycles. The van der Waals surface area contributed by atoms with Gasteiger partial charge in [-0.1, -0.05) is 12.1 Å². The summed E-state index contributed by atoms with van der Waals surface area (Å²) in [7, 11) is 0. The summed E-state index contributed by atoms with van der Waals surface area (Å²) >= 11 is 0. The maximum absolute atomic E-state index is 12.2. The zero-order valence-corrected chi connectivity index (χ0v) is 11.7. The molecular weight excluding hydrogens is 228 g/mol. The number of carbonyl (C=O) groups excluding carboxylic acids is 1. The molecule has 1 amide bonds. The zero-order chi connectivity index (χ0) is 14.1. The number of aryl methyl sites for hydroxylation is 1. The first-order valence-corrected chi connectivity index (χ1v) is 5.96. The molecule has 0 aliphatic heterocycles. The van der Waals surface area contributed by atoms with Crippen molar-refractivity contribution < 1.29 is 9.90 Å². The number of hydrogen-bond donors (Lipinski definition) is 3. The number of phenols is 1. The molecule has 0 aromatic heterocycles. The Morgan fingerprint density at radius 1 is 1.28 bits per heavy atom. The Bertz CT molecular complexity index is 459. The van der Waals surface area contributed by atoms with Crippen LogP contribution in [0.15, 0.2) is 18.2 Å². The molecule has 0 spiro atoms. The van der Waals surface area contributed by atoms with Crippen molar-refractivity contribution in [1.29, 1.82) is 0 Å². The third-order valence-corrected chi connectivity index (χ3v) is 3.66. The number of aromatic hydroxyl groups is 1. The quantitative estimate of drug-likeness (QED) is 0.721. The molecule has 4 nitrogen and oxygen atoms in total. The van der Waals surface area contributed by atoms with Gasteiger partial charge in [0.1, 0.15) is 5.75 Å². The van der Waals surface area contributed by atoms with Gasteiger partial charge in [0.25, 0.3) is 0 Å². The lowest BCUT2D eigenvalue weighted by molar-refractivity contribution is -0.126. The molecular formula is C14H22N2O2. The van der Waals surface area contributed by atoms with Crippen LogP contribution in [0.2, 0.25) is 0 Å². The molecule has 0 unspecified atom stereocenters. The van der Waals surface area contributed by atoms with Crippen molar-refractivity contribution >= 4 is 11.6 Å². The van der Waals surface area contributed by atoms with Crippen LogP contribution < -0.4 is 11.1 Å². The minimum absolute atomic E-state index is 0.0940. The maximum atomic E-state index is 12.2. The van der Waals surface area contributed by atoms with Gasteiger partial charge in [0.05, 0.1) is 11.1 Å². The standard InChI is InChI=1S/C14H22N2O2/c1-9-7-6-8-10(11(9)17)16-12(18)13(2,3)14(4,5)15/h6-8,17H,15H2,1-5H3,(H,16,18). The molecule has 1 aromatic rings.